The summed E-state index contributed by atoms with van der Waals surface area (Å²) in [7, 11) is 1.41. The van der Waals surface area contributed by atoms with Gasteiger partial charge >= 0.3 is 5.97 Å². The number of ether oxygens (including phenoxy) is 1. The van der Waals surface area contributed by atoms with Gasteiger partial charge in [0.05, 0.1) is 7.11 Å². The van der Waals surface area contributed by atoms with E-state index >= 15 is 0 Å². The number of nitrogens with zero attached hydrogens (tertiary/aromatic N) is 3. The van der Waals surface area contributed by atoms with E-state index < -0.39 is 0 Å². The minimum absolute atomic E-state index is 0.221. The van der Waals surface area contributed by atoms with Gasteiger partial charge < -0.3 is 10.1 Å². The number of rotatable bonds is 7. The topological polar surface area (TPSA) is 87.1 Å². The minimum Gasteiger partial charge on any atom is -0.468 e. The molecule has 1 N–H and O–H groups in total. The molecule has 0 amide bonds. The Morgan fingerprint density at radius 2 is 2.22 bits per heavy atom. The summed E-state index contributed by atoms with van der Waals surface area (Å²) in [4.78, 5) is 14.3. The molecule has 18 heavy (non-hydrogen) atoms. The quantitative estimate of drug-likeness (QED) is 0.249. The molecule has 6 nitrogen and oxygen atoms in total. The molecule has 1 rings (SSSR count). The largest absolute Gasteiger partial charge is 0.468 e. The number of nitrogens with one attached hydrogen (secondary N) is 1. The van der Waals surface area contributed by atoms with Crippen molar-refractivity contribution in [3.63, 3.8) is 0 Å². The molecule has 1 unspecified atom stereocenters. The maximum atomic E-state index is 11.7. The van der Waals surface area contributed by atoms with Gasteiger partial charge in [-0.1, -0.05) is 37.2 Å². The first kappa shape index (κ1) is 14.8. The molecule has 6 heteroatoms. The molecule has 0 bridgehead atoms. The predicted octanol–water partition coefficient (Wildman–Crippen LogP) is 2.40. The van der Waals surface area contributed by atoms with E-state index in [2.05, 4.69) is 15.3 Å². The van der Waals surface area contributed by atoms with Crippen molar-refractivity contribution < 1.29 is 9.53 Å². The summed E-state index contributed by atoms with van der Waals surface area (Å²) in [5.41, 5.74) is 8.19. The summed E-state index contributed by atoms with van der Waals surface area (Å²) >= 11 is 0. The summed E-state index contributed by atoms with van der Waals surface area (Å²) in [5, 5.41) is 6.55. The van der Waals surface area contributed by atoms with Gasteiger partial charge in [-0.15, -0.1) is 0 Å². The van der Waals surface area contributed by atoms with Crippen molar-refractivity contribution in [1.29, 1.82) is 0 Å². The van der Waals surface area contributed by atoms with Gasteiger partial charge in [-0.25, -0.2) is 0 Å². The molecule has 0 radical (unpaired) electrons. The van der Waals surface area contributed by atoms with Gasteiger partial charge in [0.1, 0.15) is 6.04 Å². The van der Waals surface area contributed by atoms with Crippen LogP contribution in [0.4, 0.5) is 0 Å². The molecule has 1 saturated carbocycles. The molecule has 1 aliphatic carbocycles. The van der Waals surface area contributed by atoms with Crippen molar-refractivity contribution in [2.24, 2.45) is 11.0 Å². The average molecular weight is 254 g/mol. The van der Waals surface area contributed by atoms with Gasteiger partial charge in [0, 0.05) is 18.0 Å². The van der Waals surface area contributed by atoms with Crippen molar-refractivity contribution in [1.82, 2.24) is 5.32 Å². The second-order valence-corrected chi connectivity index (χ2v) is 4.72. The maximum Gasteiger partial charge on any atom is 0.322 e. The van der Waals surface area contributed by atoms with E-state index in [1.54, 1.807) is 0 Å². The lowest BCUT2D eigenvalue weighted by Gasteiger charge is -2.25. The molecule has 0 aromatic carbocycles. The van der Waals surface area contributed by atoms with E-state index in [9.17, 15) is 4.79 Å². The number of azide groups is 1. The highest BCUT2D eigenvalue weighted by molar-refractivity contribution is 5.75. The zero-order valence-corrected chi connectivity index (χ0v) is 11.0. The smallest absolute Gasteiger partial charge is 0.322 e. The standard InChI is InChI=1S/C12H22N4O2/c1-18-12(17)11(14-7-8-15-16-13)9-10-5-3-2-4-6-10/h10-11,14H,2-9H2,1H3. The van der Waals surface area contributed by atoms with E-state index in [4.69, 9.17) is 10.3 Å². The van der Waals surface area contributed by atoms with Crippen molar-refractivity contribution in [2.75, 3.05) is 20.2 Å². The molecular weight excluding hydrogens is 232 g/mol. The first-order valence-electron chi connectivity index (χ1n) is 6.60. The maximum absolute atomic E-state index is 11.7. The van der Waals surface area contributed by atoms with Crippen LogP contribution in [0.15, 0.2) is 5.11 Å². The van der Waals surface area contributed by atoms with Gasteiger partial charge in [0.15, 0.2) is 0 Å². The number of methoxy groups -OCH3 is 1. The summed E-state index contributed by atoms with van der Waals surface area (Å²) in [6.45, 7) is 0.866. The summed E-state index contributed by atoms with van der Waals surface area (Å²) < 4.78 is 4.81. The van der Waals surface area contributed by atoms with Gasteiger partial charge in [0.25, 0.3) is 0 Å². The number of hydrogen-bond acceptors (Lipinski definition) is 4. The Kier molecular flexibility index (Phi) is 7.22. The summed E-state index contributed by atoms with van der Waals surface area (Å²) in [5.74, 6) is 0.385. The molecule has 1 aliphatic rings. The van der Waals surface area contributed by atoms with Crippen LogP contribution in [-0.2, 0) is 9.53 Å². The molecule has 0 aliphatic heterocycles. The highest BCUT2D eigenvalue weighted by atomic mass is 16.5. The summed E-state index contributed by atoms with van der Waals surface area (Å²) in [6, 6.07) is -0.271. The first-order chi connectivity index (χ1) is 8.77. The van der Waals surface area contributed by atoms with E-state index in [-0.39, 0.29) is 12.0 Å². The summed E-state index contributed by atoms with van der Waals surface area (Å²) in [6.07, 6.45) is 7.05. The lowest BCUT2D eigenvalue weighted by atomic mass is 9.85. The van der Waals surface area contributed by atoms with Gasteiger partial charge in [-0.2, -0.15) is 0 Å². The Labute approximate surface area is 108 Å². The van der Waals surface area contributed by atoms with Crippen LogP contribution in [-0.4, -0.2) is 32.2 Å². The zero-order valence-electron chi connectivity index (χ0n) is 11.0. The lowest BCUT2D eigenvalue weighted by molar-refractivity contribution is -0.143. The molecule has 0 aromatic rings. The van der Waals surface area contributed by atoms with Gasteiger partial charge in [-0.05, 0) is 17.9 Å². The Bertz CT molecular complexity index is 296. The monoisotopic (exact) mass is 254 g/mol. The third kappa shape index (κ3) is 5.38. The van der Waals surface area contributed by atoms with Crippen LogP contribution in [0.3, 0.4) is 0 Å². The third-order valence-electron chi connectivity index (χ3n) is 3.45. The second-order valence-electron chi connectivity index (χ2n) is 4.72. The molecule has 102 valence electrons. The third-order valence-corrected chi connectivity index (χ3v) is 3.45. The molecule has 0 saturated heterocycles. The Morgan fingerprint density at radius 1 is 1.50 bits per heavy atom. The van der Waals surface area contributed by atoms with Gasteiger partial charge in [-0.3, -0.25) is 4.79 Å². The second kappa shape index (κ2) is 8.78. The van der Waals surface area contributed by atoms with Crippen LogP contribution < -0.4 is 5.32 Å². The number of carbonyl (C=O) groups is 1. The zero-order chi connectivity index (χ0) is 13.2. The molecule has 0 heterocycles. The van der Waals surface area contributed by atoms with Crippen LogP contribution in [0, 0.1) is 5.92 Å². The van der Waals surface area contributed by atoms with Gasteiger partial charge in [0.2, 0.25) is 0 Å². The number of hydrogen-bond donors (Lipinski definition) is 1. The molecule has 0 spiro atoms. The normalized spacial score (nSPS) is 17.8. The van der Waals surface area contributed by atoms with Crippen LogP contribution in [0.25, 0.3) is 10.4 Å². The SMILES string of the molecule is COC(=O)C(CC1CCCCC1)NCCN=[N+]=[N-]. The minimum atomic E-state index is -0.271. The first-order valence-corrected chi connectivity index (χ1v) is 6.60. The van der Waals surface area contributed by atoms with E-state index in [1.807, 2.05) is 0 Å². The van der Waals surface area contributed by atoms with E-state index in [0.29, 0.717) is 19.0 Å². The average Bonchev–Trinajstić information content (AvgIpc) is 2.42. The van der Waals surface area contributed by atoms with E-state index in [1.165, 1.54) is 39.2 Å². The van der Waals surface area contributed by atoms with Crippen molar-refractivity contribution in [3.8, 4) is 0 Å². The van der Waals surface area contributed by atoms with Crippen molar-refractivity contribution in [3.05, 3.63) is 10.4 Å². The predicted molar refractivity (Wildman–Crippen MR) is 69.0 cm³/mol. The van der Waals surface area contributed by atoms with Crippen LogP contribution >= 0.6 is 0 Å². The molecule has 1 fully saturated rings. The molecule has 0 aromatic heterocycles. The van der Waals surface area contributed by atoms with Crippen LogP contribution in [0.5, 0.6) is 0 Å². The van der Waals surface area contributed by atoms with Crippen LogP contribution in [0.2, 0.25) is 0 Å². The highest BCUT2D eigenvalue weighted by Gasteiger charge is 2.24. The Balaban J connectivity index is 2.38. The lowest BCUT2D eigenvalue weighted by Crippen LogP contribution is -2.40. The van der Waals surface area contributed by atoms with Crippen LogP contribution in [0.1, 0.15) is 38.5 Å². The van der Waals surface area contributed by atoms with Crippen molar-refractivity contribution in [2.45, 2.75) is 44.6 Å². The molecule has 1 atom stereocenters. The Morgan fingerprint density at radius 3 is 2.83 bits per heavy atom. The number of esters is 1. The fourth-order valence-corrected chi connectivity index (χ4v) is 2.49. The molecular formula is C12H22N4O2. The highest BCUT2D eigenvalue weighted by Crippen LogP contribution is 2.27. The van der Waals surface area contributed by atoms with Crippen molar-refractivity contribution >= 4 is 5.97 Å². The number of carbonyl (C=O) groups excluding carboxylic acids is 1. The van der Waals surface area contributed by atoms with E-state index in [0.717, 1.165) is 6.42 Å². The fraction of sp³-hybridized carbons (Fsp3) is 0.917. The fourth-order valence-electron chi connectivity index (χ4n) is 2.49. The Hall–Kier alpha value is -1.26.